The van der Waals surface area contributed by atoms with Gasteiger partial charge in [0, 0.05) is 23.5 Å². The topological polar surface area (TPSA) is 61.0 Å². The smallest absolute Gasteiger partial charge is 0.253 e. The van der Waals surface area contributed by atoms with E-state index >= 15 is 0 Å². The summed E-state index contributed by atoms with van der Waals surface area (Å²) in [6, 6.07) is 6.14. The number of nitrogens with one attached hydrogen (secondary N) is 2. The van der Waals surface area contributed by atoms with E-state index in [0.717, 1.165) is 40.8 Å². The molecule has 2 heterocycles. The van der Waals surface area contributed by atoms with E-state index in [2.05, 4.69) is 27.9 Å². The van der Waals surface area contributed by atoms with Gasteiger partial charge in [0.1, 0.15) is 6.04 Å². The molecule has 0 radical (unpaired) electrons. The maximum atomic E-state index is 13.1. The molecule has 1 aliphatic carbocycles. The minimum absolute atomic E-state index is 0.00774. The Morgan fingerprint density at radius 1 is 1.26 bits per heavy atom. The van der Waals surface area contributed by atoms with Gasteiger partial charge in [-0.05, 0) is 43.5 Å². The number of imidazole rings is 1. The van der Waals surface area contributed by atoms with Gasteiger partial charge in [-0.25, -0.2) is 4.98 Å². The fourth-order valence-electron chi connectivity index (χ4n) is 4.40. The van der Waals surface area contributed by atoms with E-state index in [1.165, 1.54) is 19.3 Å². The summed E-state index contributed by atoms with van der Waals surface area (Å²) in [6.07, 6.45) is 17.4. The lowest BCUT2D eigenvalue weighted by atomic mass is 9.94. The molecule has 1 atom stereocenters. The van der Waals surface area contributed by atoms with E-state index in [1.54, 1.807) is 18.5 Å². The Hall–Kier alpha value is -3.08. The zero-order valence-electron chi connectivity index (χ0n) is 18.9. The van der Waals surface area contributed by atoms with Gasteiger partial charge in [-0.15, -0.1) is 0 Å². The van der Waals surface area contributed by atoms with Gasteiger partial charge >= 0.3 is 0 Å². The van der Waals surface area contributed by atoms with Gasteiger partial charge in [0.05, 0.1) is 17.4 Å². The molecule has 2 aliphatic rings. The highest BCUT2D eigenvalue weighted by atomic mass is 16.2. The number of carbonyl (C=O) groups excluding carboxylic acids is 1. The van der Waals surface area contributed by atoms with Crippen LogP contribution in [0.2, 0.25) is 0 Å². The van der Waals surface area contributed by atoms with Crippen LogP contribution in [0.3, 0.4) is 0 Å². The summed E-state index contributed by atoms with van der Waals surface area (Å²) < 4.78 is 0. The number of aromatic nitrogens is 2. The van der Waals surface area contributed by atoms with Crippen LogP contribution in [-0.4, -0.2) is 28.0 Å². The summed E-state index contributed by atoms with van der Waals surface area (Å²) in [7, 11) is 0. The molecule has 0 bridgehead atoms. The molecule has 1 aliphatic heterocycles. The lowest BCUT2D eigenvalue weighted by molar-refractivity contribution is -0.113. The first-order chi connectivity index (χ1) is 15.2. The number of allylic oxidation sites excluding steroid dienone is 3. The first-order valence-corrected chi connectivity index (χ1v) is 11.4. The Kier molecular flexibility index (Phi) is 7.88. The van der Waals surface area contributed by atoms with Crippen molar-refractivity contribution >= 4 is 22.6 Å². The molecule has 31 heavy (non-hydrogen) atoms. The van der Waals surface area contributed by atoms with Crippen LogP contribution in [0.1, 0.15) is 52.9 Å². The highest BCUT2D eigenvalue weighted by Crippen LogP contribution is 2.33. The maximum absolute atomic E-state index is 13.1. The summed E-state index contributed by atoms with van der Waals surface area (Å²) in [5.74, 6) is -0.00774. The number of benzene rings is 1. The second-order valence-electron chi connectivity index (χ2n) is 7.70. The molecule has 2 N–H and O–H groups in total. The molecule has 5 heteroatoms. The summed E-state index contributed by atoms with van der Waals surface area (Å²) >= 11 is 0. The number of anilines is 1. The van der Waals surface area contributed by atoms with Crippen LogP contribution < -0.4 is 10.2 Å². The predicted octanol–water partition coefficient (Wildman–Crippen LogP) is 5.80. The van der Waals surface area contributed by atoms with Crippen LogP contribution in [0, 0.1) is 0 Å². The fourth-order valence-corrected chi connectivity index (χ4v) is 4.40. The van der Waals surface area contributed by atoms with Crippen molar-refractivity contribution in [3.05, 3.63) is 72.8 Å². The number of hydrogen-bond donors (Lipinski definition) is 2. The van der Waals surface area contributed by atoms with Crippen molar-refractivity contribution in [3.8, 4) is 0 Å². The Bertz CT molecular complexity index is 992. The van der Waals surface area contributed by atoms with E-state index in [0.29, 0.717) is 6.04 Å². The van der Waals surface area contributed by atoms with Crippen LogP contribution in [0.5, 0.6) is 0 Å². The molecule has 1 fully saturated rings. The fraction of sp³-hybridized carbons (Fsp3) is 0.385. The Balaban J connectivity index is 0.00000132. The second kappa shape index (κ2) is 10.8. The Morgan fingerprint density at radius 2 is 2.03 bits per heavy atom. The molecule has 4 rings (SSSR count). The predicted molar refractivity (Wildman–Crippen MR) is 130 cm³/mol. The van der Waals surface area contributed by atoms with Crippen molar-refractivity contribution < 1.29 is 4.79 Å². The minimum Gasteiger partial charge on any atom is -0.383 e. The molecular weight excluding hydrogens is 384 g/mol. The molecule has 1 aromatic heterocycles. The average molecular weight is 419 g/mol. The third-order valence-corrected chi connectivity index (χ3v) is 5.71. The SMILES string of the molecule is C=C/C=C(\C=C/C)C1C(NC2CCCCC2)=CC(=O)N1c1ccc2nc[nH]c2c1.CC. The largest absolute Gasteiger partial charge is 0.383 e. The molecule has 1 saturated carbocycles. The number of amides is 1. The summed E-state index contributed by atoms with van der Waals surface area (Å²) in [5.41, 5.74) is 4.67. The summed E-state index contributed by atoms with van der Waals surface area (Å²) in [5, 5.41) is 3.70. The van der Waals surface area contributed by atoms with Crippen molar-refractivity contribution in [3.63, 3.8) is 0 Å². The van der Waals surface area contributed by atoms with E-state index in [1.807, 2.05) is 56.0 Å². The standard InChI is InChI=1S/C24H28N4O.C2H6/c1-3-8-17(9-4-2)24-22(27-18-10-6-5-7-11-18)15-23(29)28(24)19-12-13-20-21(14-19)26-16-25-20;1-2/h3-4,8-9,12-16,18,24,27H,1,5-7,10-11H2,2H3,(H,25,26);1-2H3/b9-4-,17-8+;. The number of nitrogens with zero attached hydrogens (tertiary/aromatic N) is 2. The van der Waals surface area contributed by atoms with E-state index in [9.17, 15) is 4.79 Å². The van der Waals surface area contributed by atoms with Gasteiger partial charge in [-0.1, -0.05) is 64.0 Å². The highest BCUT2D eigenvalue weighted by molar-refractivity contribution is 6.07. The zero-order valence-corrected chi connectivity index (χ0v) is 18.9. The quantitative estimate of drug-likeness (QED) is 0.583. The van der Waals surface area contributed by atoms with E-state index < -0.39 is 0 Å². The van der Waals surface area contributed by atoms with Gasteiger partial charge < -0.3 is 10.3 Å². The van der Waals surface area contributed by atoms with Crippen molar-refractivity contribution in [1.82, 2.24) is 15.3 Å². The summed E-state index contributed by atoms with van der Waals surface area (Å²) in [4.78, 5) is 22.4. The first kappa shape index (κ1) is 22.6. The molecule has 1 unspecified atom stereocenters. The molecule has 2 aromatic rings. The van der Waals surface area contributed by atoms with Gasteiger partial charge in [0.25, 0.3) is 5.91 Å². The molecule has 0 spiro atoms. The van der Waals surface area contributed by atoms with Gasteiger partial charge in [-0.3, -0.25) is 9.69 Å². The van der Waals surface area contributed by atoms with E-state index in [4.69, 9.17) is 0 Å². The maximum Gasteiger partial charge on any atom is 0.253 e. The normalized spacial score (nSPS) is 20.0. The highest BCUT2D eigenvalue weighted by Gasteiger charge is 2.36. The molecule has 0 saturated heterocycles. The molecule has 164 valence electrons. The molecule has 1 amide bonds. The Morgan fingerprint density at radius 3 is 2.74 bits per heavy atom. The summed E-state index contributed by atoms with van der Waals surface area (Å²) in [6.45, 7) is 9.87. The molecule has 1 aromatic carbocycles. The number of hydrogen-bond acceptors (Lipinski definition) is 3. The van der Waals surface area contributed by atoms with Crippen molar-refractivity contribution in [2.24, 2.45) is 0 Å². The van der Waals surface area contributed by atoms with Crippen LogP contribution in [0.25, 0.3) is 11.0 Å². The number of rotatable bonds is 6. The number of H-pyrrole nitrogens is 1. The second-order valence-corrected chi connectivity index (χ2v) is 7.70. The first-order valence-electron chi connectivity index (χ1n) is 11.4. The minimum atomic E-state index is -0.195. The van der Waals surface area contributed by atoms with E-state index in [-0.39, 0.29) is 11.9 Å². The van der Waals surface area contributed by atoms with Gasteiger partial charge in [0.15, 0.2) is 0 Å². The Labute approximate surface area is 185 Å². The van der Waals surface area contributed by atoms with Crippen LogP contribution in [0.15, 0.2) is 72.8 Å². The van der Waals surface area contributed by atoms with Crippen molar-refractivity contribution in [2.75, 3.05) is 4.90 Å². The zero-order chi connectivity index (χ0) is 22.2. The van der Waals surface area contributed by atoms with Crippen molar-refractivity contribution in [1.29, 1.82) is 0 Å². The molecule has 5 nitrogen and oxygen atoms in total. The molecular formula is C26H34N4O. The lowest BCUT2D eigenvalue weighted by Gasteiger charge is -2.32. The van der Waals surface area contributed by atoms with Gasteiger partial charge in [-0.2, -0.15) is 0 Å². The lowest BCUT2D eigenvalue weighted by Crippen LogP contribution is -2.41. The van der Waals surface area contributed by atoms with Crippen LogP contribution in [0.4, 0.5) is 5.69 Å². The third kappa shape index (κ3) is 4.98. The van der Waals surface area contributed by atoms with Gasteiger partial charge in [0.2, 0.25) is 0 Å². The van der Waals surface area contributed by atoms with Crippen LogP contribution in [-0.2, 0) is 4.79 Å². The third-order valence-electron chi connectivity index (χ3n) is 5.71. The van der Waals surface area contributed by atoms with Crippen LogP contribution >= 0.6 is 0 Å². The van der Waals surface area contributed by atoms with Crippen molar-refractivity contribution in [2.45, 2.75) is 65.0 Å². The average Bonchev–Trinajstić information content (AvgIpc) is 3.39. The number of fused-ring (bicyclic) bond motifs is 1. The number of carbonyl (C=O) groups is 1. The monoisotopic (exact) mass is 418 g/mol. The number of aromatic amines is 1.